The van der Waals surface area contributed by atoms with E-state index in [-0.39, 0.29) is 17.3 Å². The summed E-state index contributed by atoms with van der Waals surface area (Å²) in [5, 5.41) is 3.90. The van der Waals surface area contributed by atoms with Crippen LogP contribution in [0.4, 0.5) is 5.69 Å². The minimum absolute atomic E-state index is 0.0325. The minimum atomic E-state index is -3.65. The molecular formula is C30H33ClN2O4S. The number of nitrogens with one attached hydrogen (secondary N) is 2. The maximum absolute atomic E-state index is 12.9. The van der Waals surface area contributed by atoms with E-state index in [0.717, 1.165) is 49.8 Å². The quantitative estimate of drug-likeness (QED) is 0.229. The van der Waals surface area contributed by atoms with E-state index >= 15 is 0 Å². The van der Waals surface area contributed by atoms with E-state index in [1.807, 2.05) is 12.1 Å². The van der Waals surface area contributed by atoms with Crippen molar-refractivity contribution in [3.8, 4) is 5.75 Å². The zero-order valence-corrected chi connectivity index (χ0v) is 23.2. The first kappa shape index (κ1) is 26.7. The topological polar surface area (TPSA) is 84.5 Å². The van der Waals surface area contributed by atoms with Crippen molar-refractivity contribution in [2.45, 2.75) is 62.7 Å². The first-order valence-electron chi connectivity index (χ1n) is 13.2. The summed E-state index contributed by atoms with van der Waals surface area (Å²) in [5.74, 6) is 0.479. The summed E-state index contributed by atoms with van der Waals surface area (Å²) in [4.78, 5) is 12.9. The Morgan fingerprint density at radius 2 is 1.63 bits per heavy atom. The Balaban J connectivity index is 1.15. The third kappa shape index (κ3) is 5.75. The van der Waals surface area contributed by atoms with Crippen molar-refractivity contribution in [2.24, 2.45) is 0 Å². The van der Waals surface area contributed by atoms with Gasteiger partial charge in [0.15, 0.2) is 5.78 Å². The molecule has 3 aromatic carbocycles. The van der Waals surface area contributed by atoms with Gasteiger partial charge in [-0.15, -0.1) is 0 Å². The number of hydrogen-bond acceptors (Lipinski definition) is 5. The van der Waals surface area contributed by atoms with Gasteiger partial charge in [0.05, 0.1) is 24.2 Å². The number of carbonyl (C=O) groups excluding carboxylic acids is 1. The van der Waals surface area contributed by atoms with Crippen LogP contribution in [0.3, 0.4) is 0 Å². The predicted octanol–water partition coefficient (Wildman–Crippen LogP) is 5.88. The van der Waals surface area contributed by atoms with Crippen LogP contribution >= 0.6 is 11.6 Å². The lowest BCUT2D eigenvalue weighted by molar-refractivity contribution is 0.0977. The minimum Gasteiger partial charge on any atom is -0.496 e. The van der Waals surface area contributed by atoms with Gasteiger partial charge in [-0.25, -0.2) is 8.42 Å². The number of benzene rings is 3. The van der Waals surface area contributed by atoms with Gasteiger partial charge in [-0.05, 0) is 110 Å². The molecule has 2 aliphatic rings. The number of methoxy groups -OCH3 is 1. The molecule has 0 amide bonds. The van der Waals surface area contributed by atoms with E-state index < -0.39 is 10.0 Å². The molecule has 0 saturated heterocycles. The first-order valence-corrected chi connectivity index (χ1v) is 15.1. The second-order valence-corrected chi connectivity index (χ2v) is 12.2. The Labute approximate surface area is 229 Å². The number of fused-ring (bicyclic) bond motifs is 2. The summed E-state index contributed by atoms with van der Waals surface area (Å²) in [6.45, 7) is 0.155. The molecule has 2 N–H and O–H groups in total. The zero-order chi connectivity index (χ0) is 26.7. The molecule has 0 saturated carbocycles. The molecule has 0 aromatic heterocycles. The fourth-order valence-corrected chi connectivity index (χ4v) is 6.75. The van der Waals surface area contributed by atoms with Crippen LogP contribution in [0.1, 0.15) is 63.9 Å². The SMILES string of the molecule is COc1ccc(Cl)cc1C(=O)CCCc1ccc(S(=O)(=O)NCNc2c3c(cc4c2CCC4)CCC3)cc1. The third-order valence-corrected chi connectivity index (χ3v) is 9.22. The highest BCUT2D eigenvalue weighted by Crippen LogP contribution is 2.38. The van der Waals surface area contributed by atoms with Gasteiger partial charge in [-0.1, -0.05) is 29.8 Å². The Bertz CT molecular complexity index is 1420. The maximum atomic E-state index is 12.9. The Morgan fingerprint density at radius 3 is 2.29 bits per heavy atom. The van der Waals surface area contributed by atoms with Crippen LogP contribution in [-0.4, -0.2) is 28.0 Å². The average Bonchev–Trinajstić information content (AvgIpc) is 3.58. The number of anilines is 1. The van der Waals surface area contributed by atoms with Crippen molar-refractivity contribution in [3.05, 3.63) is 86.9 Å². The monoisotopic (exact) mass is 552 g/mol. The number of carbonyl (C=O) groups is 1. The lowest BCUT2D eigenvalue weighted by Gasteiger charge is -2.17. The van der Waals surface area contributed by atoms with Gasteiger partial charge in [-0.3, -0.25) is 4.79 Å². The number of ketones is 1. The summed E-state index contributed by atoms with van der Waals surface area (Å²) in [7, 11) is -2.12. The smallest absolute Gasteiger partial charge is 0.242 e. The summed E-state index contributed by atoms with van der Waals surface area (Å²) in [5.41, 5.74) is 8.16. The number of hydrogen-bond donors (Lipinski definition) is 2. The summed E-state index contributed by atoms with van der Waals surface area (Å²) in [6.07, 6.45) is 8.28. The van der Waals surface area contributed by atoms with Crippen molar-refractivity contribution >= 4 is 33.1 Å². The van der Waals surface area contributed by atoms with Crippen molar-refractivity contribution < 1.29 is 17.9 Å². The van der Waals surface area contributed by atoms with Crippen LogP contribution in [0, 0.1) is 0 Å². The van der Waals surface area contributed by atoms with Crippen LogP contribution in [0.25, 0.3) is 0 Å². The van der Waals surface area contributed by atoms with Crippen LogP contribution < -0.4 is 14.8 Å². The largest absolute Gasteiger partial charge is 0.496 e. The van der Waals surface area contributed by atoms with Gasteiger partial charge < -0.3 is 10.1 Å². The van der Waals surface area contributed by atoms with Crippen LogP contribution in [0.15, 0.2) is 53.4 Å². The molecule has 6 nitrogen and oxygen atoms in total. The standard InChI is InChI=1S/C30H33ClN2O4S/c1-37-29-16-13-23(31)18-27(29)28(34)10-2-5-20-11-14-24(15-12-20)38(35,36)33-19-32-30-25-8-3-6-21(25)17-22-7-4-9-26(22)30/h11-18,32-33H,2-10,19H2,1H3. The van der Waals surface area contributed by atoms with Crippen LogP contribution in [0.2, 0.25) is 5.02 Å². The highest BCUT2D eigenvalue weighted by molar-refractivity contribution is 7.89. The molecule has 0 unspecified atom stereocenters. The molecule has 0 radical (unpaired) electrons. The molecule has 5 rings (SSSR count). The third-order valence-electron chi connectivity index (χ3n) is 7.57. The number of halogens is 1. The molecular weight excluding hydrogens is 520 g/mol. The van der Waals surface area contributed by atoms with E-state index in [9.17, 15) is 13.2 Å². The van der Waals surface area contributed by atoms with Gasteiger partial charge >= 0.3 is 0 Å². The molecule has 3 aromatic rings. The number of Topliss-reactive ketones (excluding diaryl/α,β-unsaturated/α-hetero) is 1. The molecule has 0 atom stereocenters. The van der Waals surface area contributed by atoms with E-state index in [4.69, 9.17) is 16.3 Å². The summed E-state index contributed by atoms with van der Waals surface area (Å²) < 4.78 is 33.8. The average molecular weight is 553 g/mol. The lowest BCUT2D eigenvalue weighted by Crippen LogP contribution is -2.29. The van der Waals surface area contributed by atoms with Crippen molar-refractivity contribution in [3.63, 3.8) is 0 Å². The van der Waals surface area contributed by atoms with Gasteiger partial charge in [0, 0.05) is 17.1 Å². The molecule has 0 bridgehead atoms. The fraction of sp³-hybridized carbons (Fsp3) is 0.367. The summed E-state index contributed by atoms with van der Waals surface area (Å²) in [6, 6.07) is 14.2. The molecule has 0 heterocycles. The second-order valence-electron chi connectivity index (χ2n) is 10.0. The van der Waals surface area contributed by atoms with Crippen molar-refractivity contribution in [2.75, 3.05) is 19.1 Å². The molecule has 0 spiro atoms. The maximum Gasteiger partial charge on any atom is 0.242 e. The number of sulfonamides is 1. The summed E-state index contributed by atoms with van der Waals surface area (Å²) >= 11 is 6.04. The number of rotatable bonds is 11. The van der Waals surface area contributed by atoms with Crippen LogP contribution in [-0.2, 0) is 42.1 Å². The van der Waals surface area contributed by atoms with Crippen molar-refractivity contribution in [1.82, 2.24) is 4.72 Å². The van der Waals surface area contributed by atoms with E-state index in [1.54, 1.807) is 30.3 Å². The molecule has 8 heteroatoms. The normalized spacial score (nSPS) is 14.3. The van der Waals surface area contributed by atoms with Gasteiger partial charge in [-0.2, -0.15) is 4.72 Å². The van der Waals surface area contributed by atoms with Gasteiger partial charge in [0.25, 0.3) is 0 Å². The van der Waals surface area contributed by atoms with Gasteiger partial charge in [0.2, 0.25) is 10.0 Å². The van der Waals surface area contributed by atoms with E-state index in [0.29, 0.717) is 35.6 Å². The van der Waals surface area contributed by atoms with E-state index in [2.05, 4.69) is 16.1 Å². The molecule has 38 heavy (non-hydrogen) atoms. The molecule has 2 aliphatic carbocycles. The Morgan fingerprint density at radius 1 is 0.947 bits per heavy atom. The molecule has 0 aliphatic heterocycles. The molecule has 0 fully saturated rings. The zero-order valence-electron chi connectivity index (χ0n) is 21.6. The fourth-order valence-electron chi connectivity index (χ4n) is 5.65. The Kier molecular flexibility index (Phi) is 8.07. The first-order chi connectivity index (χ1) is 18.4. The highest BCUT2D eigenvalue weighted by Gasteiger charge is 2.24. The highest BCUT2D eigenvalue weighted by atomic mass is 35.5. The van der Waals surface area contributed by atoms with E-state index in [1.165, 1.54) is 29.4 Å². The van der Waals surface area contributed by atoms with Crippen molar-refractivity contribution in [1.29, 1.82) is 0 Å². The Hall–Kier alpha value is -2.87. The molecule has 200 valence electrons. The lowest BCUT2D eigenvalue weighted by atomic mass is 9.99. The number of ether oxygens (including phenoxy) is 1. The van der Waals surface area contributed by atoms with Gasteiger partial charge in [0.1, 0.15) is 5.75 Å². The predicted molar refractivity (Wildman–Crippen MR) is 151 cm³/mol. The van der Waals surface area contributed by atoms with Crippen LogP contribution in [0.5, 0.6) is 5.75 Å². The number of aryl methyl sites for hydroxylation is 3. The second kappa shape index (κ2) is 11.5.